The first-order valence-electron chi connectivity index (χ1n) is 14.4. The predicted molar refractivity (Wildman–Crippen MR) is 152 cm³/mol. The number of fused-ring (bicyclic) bond motifs is 1. The number of benzene rings is 2. The van der Waals surface area contributed by atoms with E-state index >= 15 is 0 Å². The molecule has 2 aromatic carbocycles. The zero-order valence-electron chi connectivity index (χ0n) is 23.2. The normalized spacial score (nSPS) is 24.9. The van der Waals surface area contributed by atoms with Gasteiger partial charge in [-0.15, -0.1) is 0 Å². The molecule has 3 aliphatic rings. The molecule has 1 amide bonds. The minimum atomic E-state index is -0.219. The Hall–Kier alpha value is -2.57. The van der Waals surface area contributed by atoms with Crippen LogP contribution in [0.25, 0.3) is 0 Å². The zero-order valence-corrected chi connectivity index (χ0v) is 23.2. The largest absolute Gasteiger partial charge is 0.349 e. The predicted octanol–water partition coefficient (Wildman–Crippen LogP) is 5.78. The lowest BCUT2D eigenvalue weighted by Gasteiger charge is -2.39. The van der Waals surface area contributed by atoms with E-state index in [4.69, 9.17) is 0 Å². The van der Waals surface area contributed by atoms with Gasteiger partial charge in [-0.2, -0.15) is 0 Å². The van der Waals surface area contributed by atoms with Gasteiger partial charge in [-0.05, 0) is 95.0 Å². The number of carbonyl (C=O) groups is 1. The SMILES string of the molecule is CC(C)=Nc1c(F)cccc1CC1CC2CCCN(CC[C@H](NC(=O)C3CN(C)C3)c3ccccc3)C2C1. The highest BCUT2D eigenvalue weighted by atomic mass is 19.1. The van der Waals surface area contributed by atoms with Crippen LogP contribution in [-0.4, -0.2) is 60.7 Å². The fourth-order valence-corrected chi connectivity index (χ4v) is 6.98. The van der Waals surface area contributed by atoms with Gasteiger partial charge < -0.3 is 15.1 Å². The molecule has 1 saturated carbocycles. The molecule has 2 aliphatic heterocycles. The maximum Gasteiger partial charge on any atom is 0.226 e. The molecule has 0 spiro atoms. The number of hydrogen-bond donors (Lipinski definition) is 1. The molecule has 1 N–H and O–H groups in total. The summed E-state index contributed by atoms with van der Waals surface area (Å²) in [4.78, 5) is 22.3. The number of nitrogens with one attached hydrogen (secondary N) is 1. The van der Waals surface area contributed by atoms with E-state index in [9.17, 15) is 9.18 Å². The van der Waals surface area contributed by atoms with Crippen molar-refractivity contribution in [3.05, 3.63) is 65.5 Å². The van der Waals surface area contributed by atoms with Gasteiger partial charge in [0.25, 0.3) is 0 Å². The molecule has 5 rings (SSSR count). The first-order valence-corrected chi connectivity index (χ1v) is 14.4. The van der Waals surface area contributed by atoms with Crippen molar-refractivity contribution < 1.29 is 9.18 Å². The third kappa shape index (κ3) is 6.35. The quantitative estimate of drug-likeness (QED) is 0.428. The summed E-state index contributed by atoms with van der Waals surface area (Å²) < 4.78 is 14.6. The van der Waals surface area contributed by atoms with Crippen LogP contribution in [0.15, 0.2) is 53.5 Å². The smallest absolute Gasteiger partial charge is 0.226 e. The Kier molecular flexibility index (Phi) is 8.59. The van der Waals surface area contributed by atoms with Crippen LogP contribution in [0, 0.1) is 23.6 Å². The Balaban J connectivity index is 1.23. The third-order valence-electron chi connectivity index (χ3n) is 8.82. The topological polar surface area (TPSA) is 47.9 Å². The van der Waals surface area contributed by atoms with Gasteiger partial charge in [-0.25, -0.2) is 4.39 Å². The molecule has 2 aromatic rings. The molecule has 0 radical (unpaired) electrons. The van der Waals surface area contributed by atoms with Gasteiger partial charge in [0.15, 0.2) is 0 Å². The van der Waals surface area contributed by atoms with Crippen molar-refractivity contribution in [2.45, 2.75) is 64.5 Å². The van der Waals surface area contributed by atoms with Gasteiger partial charge in [0.1, 0.15) is 11.5 Å². The Morgan fingerprint density at radius 2 is 1.89 bits per heavy atom. The molecule has 2 heterocycles. The number of rotatable bonds is 9. The number of hydrogen-bond acceptors (Lipinski definition) is 4. The van der Waals surface area contributed by atoms with E-state index in [1.807, 2.05) is 26.0 Å². The fourth-order valence-electron chi connectivity index (χ4n) is 6.98. The van der Waals surface area contributed by atoms with Gasteiger partial charge in [0.2, 0.25) is 5.91 Å². The number of likely N-dealkylation sites (tertiary alicyclic amines) is 2. The van der Waals surface area contributed by atoms with Crippen LogP contribution in [0.1, 0.15) is 63.1 Å². The van der Waals surface area contributed by atoms with Crippen LogP contribution >= 0.6 is 0 Å². The van der Waals surface area contributed by atoms with Crippen molar-refractivity contribution >= 4 is 17.3 Å². The Bertz CT molecular complexity index is 1130. The maximum atomic E-state index is 14.6. The summed E-state index contributed by atoms with van der Waals surface area (Å²) >= 11 is 0. The molecule has 1 aliphatic carbocycles. The Morgan fingerprint density at radius 3 is 2.63 bits per heavy atom. The van der Waals surface area contributed by atoms with Crippen molar-refractivity contribution in [2.75, 3.05) is 33.2 Å². The average molecular weight is 519 g/mol. The first-order chi connectivity index (χ1) is 18.4. The van der Waals surface area contributed by atoms with E-state index in [1.54, 1.807) is 0 Å². The summed E-state index contributed by atoms with van der Waals surface area (Å²) in [5, 5.41) is 3.38. The van der Waals surface area contributed by atoms with Crippen molar-refractivity contribution in [2.24, 2.45) is 22.7 Å². The second-order valence-corrected chi connectivity index (χ2v) is 12.0. The van der Waals surface area contributed by atoms with E-state index in [2.05, 4.69) is 57.5 Å². The molecule has 38 heavy (non-hydrogen) atoms. The third-order valence-corrected chi connectivity index (χ3v) is 8.82. The summed E-state index contributed by atoms with van der Waals surface area (Å²) in [7, 11) is 2.06. The minimum Gasteiger partial charge on any atom is -0.349 e. The van der Waals surface area contributed by atoms with Crippen molar-refractivity contribution in [3.63, 3.8) is 0 Å². The molecule has 4 atom stereocenters. The highest BCUT2D eigenvalue weighted by molar-refractivity contribution is 5.82. The number of para-hydroxylation sites is 1. The Labute approximate surface area is 227 Å². The summed E-state index contributed by atoms with van der Waals surface area (Å²) in [6.07, 6.45) is 6.70. The van der Waals surface area contributed by atoms with E-state index < -0.39 is 0 Å². The lowest BCUT2D eigenvalue weighted by Crippen LogP contribution is -2.52. The molecule has 5 nitrogen and oxygen atoms in total. The van der Waals surface area contributed by atoms with Crippen molar-refractivity contribution in [1.29, 1.82) is 0 Å². The fraction of sp³-hybridized carbons (Fsp3) is 0.562. The zero-order chi connectivity index (χ0) is 26.6. The lowest BCUT2D eigenvalue weighted by atomic mass is 9.91. The lowest BCUT2D eigenvalue weighted by molar-refractivity contribution is -0.130. The number of carbonyl (C=O) groups excluding carboxylic acids is 1. The number of halogens is 1. The van der Waals surface area contributed by atoms with E-state index in [1.165, 1.54) is 30.9 Å². The molecule has 204 valence electrons. The second-order valence-electron chi connectivity index (χ2n) is 12.0. The average Bonchev–Trinajstić information content (AvgIpc) is 3.30. The van der Waals surface area contributed by atoms with Crippen LogP contribution in [0.3, 0.4) is 0 Å². The summed E-state index contributed by atoms with van der Waals surface area (Å²) in [6.45, 7) is 7.66. The number of piperidine rings is 1. The molecule has 0 bridgehead atoms. The van der Waals surface area contributed by atoms with Gasteiger partial charge in [-0.1, -0.05) is 42.5 Å². The van der Waals surface area contributed by atoms with Gasteiger partial charge in [0, 0.05) is 31.4 Å². The Morgan fingerprint density at radius 1 is 1.11 bits per heavy atom. The standard InChI is InChI=1S/C32H43FN4O/c1-22(2)34-31-26(11-7-13-28(31)33)18-23-17-25-12-8-15-37(30(25)19-23)16-14-29(24-9-5-4-6-10-24)35-32(38)27-20-36(3)21-27/h4-7,9-11,13,23,25,27,29-30H,8,12,14-21H2,1-3H3,(H,35,38)/t23?,25?,29-,30?/m0/s1. The second kappa shape index (κ2) is 12.1. The summed E-state index contributed by atoms with van der Waals surface area (Å²) in [5.74, 6) is 1.33. The molecule has 2 saturated heterocycles. The van der Waals surface area contributed by atoms with Crippen molar-refractivity contribution in [3.8, 4) is 0 Å². The monoisotopic (exact) mass is 518 g/mol. The van der Waals surface area contributed by atoms with Gasteiger partial charge >= 0.3 is 0 Å². The summed E-state index contributed by atoms with van der Waals surface area (Å²) in [5.41, 5.74) is 3.64. The molecular formula is C32H43FN4O. The van der Waals surface area contributed by atoms with Crippen LogP contribution in [0.4, 0.5) is 10.1 Å². The molecule has 6 heteroatoms. The maximum absolute atomic E-state index is 14.6. The highest BCUT2D eigenvalue weighted by Crippen LogP contribution is 2.43. The highest BCUT2D eigenvalue weighted by Gasteiger charge is 2.40. The first kappa shape index (κ1) is 27.0. The minimum absolute atomic E-state index is 0.0391. The van der Waals surface area contributed by atoms with Gasteiger partial charge in [-0.3, -0.25) is 9.79 Å². The molecule has 3 fully saturated rings. The van der Waals surface area contributed by atoms with Crippen LogP contribution in [-0.2, 0) is 11.2 Å². The number of nitrogens with zero attached hydrogens (tertiary/aromatic N) is 3. The summed E-state index contributed by atoms with van der Waals surface area (Å²) in [6, 6.07) is 16.5. The molecular weight excluding hydrogens is 475 g/mol. The van der Waals surface area contributed by atoms with Crippen molar-refractivity contribution in [1.82, 2.24) is 15.1 Å². The van der Waals surface area contributed by atoms with Crippen LogP contribution in [0.2, 0.25) is 0 Å². The number of aliphatic imine (C=N–C) groups is 1. The van der Waals surface area contributed by atoms with E-state index in [0.717, 1.165) is 56.7 Å². The molecule has 0 aromatic heterocycles. The number of amides is 1. The van der Waals surface area contributed by atoms with E-state index in [-0.39, 0.29) is 23.7 Å². The van der Waals surface area contributed by atoms with Crippen LogP contribution in [0.5, 0.6) is 0 Å². The molecule has 3 unspecified atom stereocenters. The van der Waals surface area contributed by atoms with Crippen LogP contribution < -0.4 is 5.32 Å². The van der Waals surface area contributed by atoms with E-state index in [0.29, 0.717) is 23.6 Å². The van der Waals surface area contributed by atoms with Gasteiger partial charge in [0.05, 0.1) is 12.0 Å².